The number of nitrogens with zero attached hydrogens (tertiary/aromatic N) is 3. The van der Waals surface area contributed by atoms with E-state index in [9.17, 15) is 0 Å². The highest BCUT2D eigenvalue weighted by Gasteiger charge is 2.19. The van der Waals surface area contributed by atoms with Crippen LogP contribution in [0, 0.1) is 6.92 Å². The van der Waals surface area contributed by atoms with Crippen molar-refractivity contribution in [3.8, 4) is 0 Å². The summed E-state index contributed by atoms with van der Waals surface area (Å²) in [7, 11) is 0. The lowest BCUT2D eigenvalue weighted by molar-refractivity contribution is 0.447. The Kier molecular flexibility index (Phi) is 2.36. The Morgan fingerprint density at radius 2 is 2.44 bits per heavy atom. The van der Waals surface area contributed by atoms with E-state index < -0.39 is 0 Å². The van der Waals surface area contributed by atoms with Crippen molar-refractivity contribution < 1.29 is 0 Å². The molecule has 0 aromatic carbocycles. The maximum atomic E-state index is 4.61. The van der Waals surface area contributed by atoms with Crippen molar-refractivity contribution in [2.45, 2.75) is 25.7 Å². The molecule has 3 heterocycles. The van der Waals surface area contributed by atoms with Crippen molar-refractivity contribution in [2.24, 2.45) is 0 Å². The van der Waals surface area contributed by atoms with Crippen molar-refractivity contribution in [3.63, 3.8) is 0 Å². The quantitative estimate of drug-likeness (QED) is 0.785. The number of fused-ring (bicyclic) bond motifs is 1. The summed E-state index contributed by atoms with van der Waals surface area (Å²) in [5.41, 5.74) is 2.19. The lowest BCUT2D eigenvalue weighted by Crippen LogP contribution is -2.28. The fourth-order valence-electron chi connectivity index (χ4n) is 2.25. The summed E-state index contributed by atoms with van der Waals surface area (Å²) >= 11 is 0. The van der Waals surface area contributed by atoms with Gasteiger partial charge in [-0.25, -0.2) is 9.50 Å². The van der Waals surface area contributed by atoms with Crippen LogP contribution in [0.5, 0.6) is 0 Å². The van der Waals surface area contributed by atoms with Crippen LogP contribution in [-0.4, -0.2) is 27.7 Å². The minimum Gasteiger partial charge on any atom is -0.316 e. The molecule has 0 aliphatic carbocycles. The standard InChI is InChI=1S/C12H16N4/c1-9-4-6-16-11(7-9)14-12(15-16)10-3-2-5-13-8-10/h4,6-7,10,13H,2-3,5,8H2,1H3. The molecule has 0 bridgehead atoms. The van der Waals surface area contributed by atoms with Gasteiger partial charge in [0.2, 0.25) is 0 Å². The Bertz CT molecular complexity index is 497. The van der Waals surface area contributed by atoms with Gasteiger partial charge in [-0.05, 0) is 44.0 Å². The normalized spacial score (nSPS) is 21.4. The number of aromatic nitrogens is 3. The van der Waals surface area contributed by atoms with Gasteiger partial charge in [-0.15, -0.1) is 0 Å². The van der Waals surface area contributed by atoms with Gasteiger partial charge in [-0.3, -0.25) is 0 Å². The van der Waals surface area contributed by atoms with Crippen molar-refractivity contribution in [2.75, 3.05) is 13.1 Å². The summed E-state index contributed by atoms with van der Waals surface area (Å²) in [5, 5.41) is 7.94. The van der Waals surface area contributed by atoms with Gasteiger partial charge >= 0.3 is 0 Å². The number of piperidine rings is 1. The van der Waals surface area contributed by atoms with E-state index in [1.165, 1.54) is 18.4 Å². The maximum Gasteiger partial charge on any atom is 0.156 e. The highest BCUT2D eigenvalue weighted by atomic mass is 15.3. The van der Waals surface area contributed by atoms with Crippen molar-refractivity contribution in [3.05, 3.63) is 29.7 Å². The lowest BCUT2D eigenvalue weighted by Gasteiger charge is -2.19. The number of nitrogens with one attached hydrogen (secondary N) is 1. The maximum absolute atomic E-state index is 4.61. The number of hydrogen-bond donors (Lipinski definition) is 1. The molecule has 1 aliphatic rings. The largest absolute Gasteiger partial charge is 0.316 e. The first kappa shape index (κ1) is 9.78. The monoisotopic (exact) mass is 216 g/mol. The molecule has 3 rings (SSSR count). The van der Waals surface area contributed by atoms with Gasteiger partial charge in [0.1, 0.15) is 0 Å². The summed E-state index contributed by atoms with van der Waals surface area (Å²) in [6, 6.07) is 4.14. The molecule has 1 atom stereocenters. The van der Waals surface area contributed by atoms with Gasteiger partial charge in [0.15, 0.2) is 11.5 Å². The molecule has 1 saturated heterocycles. The average Bonchev–Trinajstić information content (AvgIpc) is 2.73. The third-order valence-corrected chi connectivity index (χ3v) is 3.17. The molecule has 1 fully saturated rings. The Labute approximate surface area is 94.7 Å². The predicted octanol–water partition coefficient (Wildman–Crippen LogP) is 1.50. The van der Waals surface area contributed by atoms with E-state index >= 15 is 0 Å². The third-order valence-electron chi connectivity index (χ3n) is 3.17. The van der Waals surface area contributed by atoms with Crippen LogP contribution in [0.4, 0.5) is 0 Å². The van der Waals surface area contributed by atoms with E-state index in [4.69, 9.17) is 0 Å². The molecule has 4 heteroatoms. The summed E-state index contributed by atoms with van der Waals surface area (Å²) < 4.78 is 1.87. The summed E-state index contributed by atoms with van der Waals surface area (Å²) in [6.45, 7) is 4.22. The van der Waals surface area contributed by atoms with Gasteiger partial charge < -0.3 is 5.32 Å². The molecule has 0 amide bonds. The number of pyridine rings is 1. The fraction of sp³-hybridized carbons (Fsp3) is 0.500. The molecular formula is C12H16N4. The summed E-state index contributed by atoms with van der Waals surface area (Å²) in [4.78, 5) is 4.61. The molecule has 2 aromatic rings. The van der Waals surface area contributed by atoms with E-state index in [1.807, 2.05) is 10.7 Å². The van der Waals surface area contributed by atoms with Crippen LogP contribution in [0.2, 0.25) is 0 Å². The zero-order valence-corrected chi connectivity index (χ0v) is 9.48. The van der Waals surface area contributed by atoms with Crippen molar-refractivity contribution in [1.82, 2.24) is 19.9 Å². The zero-order chi connectivity index (χ0) is 11.0. The van der Waals surface area contributed by atoms with Crippen LogP contribution < -0.4 is 5.32 Å². The van der Waals surface area contributed by atoms with Crippen LogP contribution in [0.15, 0.2) is 18.3 Å². The smallest absolute Gasteiger partial charge is 0.156 e. The molecule has 84 valence electrons. The number of aryl methyl sites for hydroxylation is 1. The highest BCUT2D eigenvalue weighted by molar-refractivity contribution is 5.40. The topological polar surface area (TPSA) is 42.2 Å². The number of rotatable bonds is 1. The van der Waals surface area contributed by atoms with Gasteiger partial charge in [0.25, 0.3) is 0 Å². The fourth-order valence-corrected chi connectivity index (χ4v) is 2.25. The second-order valence-corrected chi connectivity index (χ2v) is 4.52. The lowest BCUT2D eigenvalue weighted by atomic mass is 9.99. The molecule has 4 nitrogen and oxygen atoms in total. The van der Waals surface area contributed by atoms with Crippen LogP contribution in [0.1, 0.15) is 30.1 Å². The van der Waals surface area contributed by atoms with Gasteiger partial charge in [0, 0.05) is 18.7 Å². The molecule has 1 unspecified atom stereocenters. The van der Waals surface area contributed by atoms with Crippen LogP contribution in [0.3, 0.4) is 0 Å². The van der Waals surface area contributed by atoms with Gasteiger partial charge in [-0.1, -0.05) is 0 Å². The number of hydrogen-bond acceptors (Lipinski definition) is 3. The first-order valence-corrected chi connectivity index (χ1v) is 5.86. The first-order chi connectivity index (χ1) is 7.83. The molecule has 1 aliphatic heterocycles. The van der Waals surface area contributed by atoms with E-state index in [0.717, 1.165) is 24.6 Å². The van der Waals surface area contributed by atoms with E-state index in [0.29, 0.717) is 5.92 Å². The van der Waals surface area contributed by atoms with Crippen LogP contribution in [0.25, 0.3) is 5.65 Å². The van der Waals surface area contributed by atoms with Crippen LogP contribution in [-0.2, 0) is 0 Å². The second kappa shape index (κ2) is 3.87. The zero-order valence-electron chi connectivity index (χ0n) is 9.48. The highest BCUT2D eigenvalue weighted by Crippen LogP contribution is 2.20. The molecular weight excluding hydrogens is 200 g/mol. The van der Waals surface area contributed by atoms with Crippen molar-refractivity contribution >= 4 is 5.65 Å². The molecule has 0 saturated carbocycles. The average molecular weight is 216 g/mol. The van der Waals surface area contributed by atoms with Gasteiger partial charge in [-0.2, -0.15) is 5.10 Å². The predicted molar refractivity (Wildman–Crippen MR) is 62.6 cm³/mol. The Morgan fingerprint density at radius 1 is 1.50 bits per heavy atom. The first-order valence-electron chi connectivity index (χ1n) is 5.86. The Morgan fingerprint density at radius 3 is 3.25 bits per heavy atom. The summed E-state index contributed by atoms with van der Waals surface area (Å²) in [5.74, 6) is 1.46. The van der Waals surface area contributed by atoms with E-state index in [2.05, 4.69) is 34.5 Å². The minimum absolute atomic E-state index is 0.481. The van der Waals surface area contributed by atoms with Crippen molar-refractivity contribution in [1.29, 1.82) is 0 Å². The Hall–Kier alpha value is -1.42. The molecule has 16 heavy (non-hydrogen) atoms. The molecule has 2 aromatic heterocycles. The molecule has 1 N–H and O–H groups in total. The third kappa shape index (κ3) is 1.69. The molecule has 0 spiro atoms. The second-order valence-electron chi connectivity index (χ2n) is 4.52. The summed E-state index contributed by atoms with van der Waals surface area (Å²) in [6.07, 6.45) is 4.40. The minimum atomic E-state index is 0.481. The SMILES string of the molecule is Cc1ccn2nc(C3CCCNC3)nc2c1. The van der Waals surface area contributed by atoms with E-state index in [1.54, 1.807) is 0 Å². The molecule has 0 radical (unpaired) electrons. The Balaban J connectivity index is 1.97. The van der Waals surface area contributed by atoms with Crippen LogP contribution >= 0.6 is 0 Å². The van der Waals surface area contributed by atoms with E-state index in [-0.39, 0.29) is 0 Å². The van der Waals surface area contributed by atoms with Gasteiger partial charge in [0.05, 0.1) is 0 Å².